The Balaban J connectivity index is 2.49. The molecule has 1 N–H and O–H groups in total. The smallest absolute Gasteiger partial charge is 0.258 e. The van der Waals surface area contributed by atoms with Gasteiger partial charge in [-0.15, -0.1) is 0 Å². The molecule has 4 heteroatoms. The first kappa shape index (κ1) is 9.86. The molecule has 15 heavy (non-hydrogen) atoms. The van der Waals surface area contributed by atoms with Crippen LogP contribution in [0.1, 0.15) is 17.0 Å². The Bertz CT molecular complexity index is 477. The van der Waals surface area contributed by atoms with Crippen LogP contribution in [0.25, 0.3) is 11.5 Å². The number of hydrogen-bond acceptors (Lipinski definition) is 4. The van der Waals surface area contributed by atoms with Crippen molar-refractivity contribution in [3.8, 4) is 11.5 Å². The van der Waals surface area contributed by atoms with Crippen LogP contribution in [0.2, 0.25) is 0 Å². The maximum atomic E-state index is 8.84. The van der Waals surface area contributed by atoms with E-state index in [1.165, 1.54) is 5.56 Å². The molecule has 0 fully saturated rings. The third-order valence-electron chi connectivity index (χ3n) is 2.44. The Morgan fingerprint density at radius 1 is 1.33 bits per heavy atom. The number of benzene rings is 1. The zero-order valence-corrected chi connectivity index (χ0v) is 8.69. The lowest BCUT2D eigenvalue weighted by Gasteiger charge is -2.03. The van der Waals surface area contributed by atoms with Gasteiger partial charge >= 0.3 is 0 Å². The molecule has 1 aromatic carbocycles. The van der Waals surface area contributed by atoms with E-state index >= 15 is 0 Å². The van der Waals surface area contributed by atoms with Crippen molar-refractivity contribution in [1.82, 2.24) is 10.1 Å². The molecule has 1 aromatic heterocycles. The number of hydrogen-bond donors (Lipinski definition) is 1. The summed E-state index contributed by atoms with van der Waals surface area (Å²) in [4.78, 5) is 4.07. The number of aryl methyl sites for hydroxylation is 1. The van der Waals surface area contributed by atoms with E-state index in [4.69, 9.17) is 9.63 Å². The van der Waals surface area contributed by atoms with E-state index in [-0.39, 0.29) is 6.61 Å². The van der Waals surface area contributed by atoms with Gasteiger partial charge in [0.2, 0.25) is 0 Å². The SMILES string of the molecule is Cc1cccc(-c2nc(CO)no2)c1C. The van der Waals surface area contributed by atoms with E-state index in [1.54, 1.807) is 0 Å². The minimum Gasteiger partial charge on any atom is -0.388 e. The molecule has 0 amide bonds. The summed E-state index contributed by atoms with van der Waals surface area (Å²) < 4.78 is 5.06. The van der Waals surface area contributed by atoms with Crippen molar-refractivity contribution in [2.24, 2.45) is 0 Å². The highest BCUT2D eigenvalue weighted by Crippen LogP contribution is 2.23. The van der Waals surface area contributed by atoms with E-state index in [2.05, 4.69) is 10.1 Å². The molecule has 78 valence electrons. The lowest BCUT2D eigenvalue weighted by atomic mass is 10.0. The molecule has 0 aliphatic rings. The molecule has 0 unspecified atom stereocenters. The second-order valence-electron chi connectivity index (χ2n) is 3.42. The summed E-state index contributed by atoms with van der Waals surface area (Å²) in [6.45, 7) is 3.84. The van der Waals surface area contributed by atoms with Crippen LogP contribution >= 0.6 is 0 Å². The lowest BCUT2D eigenvalue weighted by Crippen LogP contribution is -1.88. The summed E-state index contributed by atoms with van der Waals surface area (Å²) in [6.07, 6.45) is 0. The van der Waals surface area contributed by atoms with E-state index in [0.717, 1.165) is 11.1 Å². The zero-order valence-electron chi connectivity index (χ0n) is 8.69. The topological polar surface area (TPSA) is 59.2 Å². The van der Waals surface area contributed by atoms with Gasteiger partial charge in [0.25, 0.3) is 5.89 Å². The second kappa shape index (κ2) is 3.82. The molecular weight excluding hydrogens is 192 g/mol. The van der Waals surface area contributed by atoms with Crippen molar-refractivity contribution in [3.63, 3.8) is 0 Å². The van der Waals surface area contributed by atoms with Gasteiger partial charge in [-0.3, -0.25) is 0 Å². The molecule has 0 atom stereocenters. The predicted octanol–water partition coefficient (Wildman–Crippen LogP) is 1.85. The summed E-state index contributed by atoms with van der Waals surface area (Å²) in [5.41, 5.74) is 3.21. The lowest BCUT2D eigenvalue weighted by molar-refractivity contribution is 0.264. The molecular formula is C11H12N2O2. The molecule has 0 bridgehead atoms. The summed E-state index contributed by atoms with van der Waals surface area (Å²) in [6, 6.07) is 5.90. The standard InChI is InChI=1S/C11H12N2O2/c1-7-4-3-5-9(8(7)2)11-12-10(6-14)13-15-11/h3-5,14H,6H2,1-2H3. The number of nitrogens with zero attached hydrogens (tertiary/aromatic N) is 2. The largest absolute Gasteiger partial charge is 0.388 e. The first-order valence-electron chi connectivity index (χ1n) is 4.72. The van der Waals surface area contributed by atoms with Gasteiger partial charge in [-0.25, -0.2) is 0 Å². The predicted molar refractivity (Wildman–Crippen MR) is 55.1 cm³/mol. The van der Waals surface area contributed by atoms with Gasteiger partial charge in [0.1, 0.15) is 6.61 Å². The van der Waals surface area contributed by atoms with Gasteiger partial charge in [-0.1, -0.05) is 17.3 Å². The van der Waals surface area contributed by atoms with Crippen LogP contribution in [0.4, 0.5) is 0 Å². The van der Waals surface area contributed by atoms with Gasteiger partial charge in [0.05, 0.1) is 0 Å². The van der Waals surface area contributed by atoms with E-state index in [0.29, 0.717) is 11.7 Å². The molecule has 4 nitrogen and oxygen atoms in total. The molecule has 1 heterocycles. The van der Waals surface area contributed by atoms with E-state index in [1.807, 2.05) is 32.0 Å². The van der Waals surface area contributed by atoms with Crippen LogP contribution in [-0.2, 0) is 6.61 Å². The fourth-order valence-electron chi connectivity index (χ4n) is 1.41. The number of aliphatic hydroxyl groups excluding tert-OH is 1. The molecule has 2 rings (SSSR count). The number of aliphatic hydroxyl groups is 1. The monoisotopic (exact) mass is 204 g/mol. The minimum absolute atomic E-state index is 0.200. The fraction of sp³-hybridized carbons (Fsp3) is 0.273. The molecule has 0 saturated carbocycles. The molecule has 0 radical (unpaired) electrons. The Labute approximate surface area is 87.6 Å². The normalized spacial score (nSPS) is 10.6. The zero-order chi connectivity index (χ0) is 10.8. The van der Waals surface area contributed by atoms with Crippen LogP contribution in [0, 0.1) is 13.8 Å². The van der Waals surface area contributed by atoms with Gasteiger partial charge in [-0.05, 0) is 31.0 Å². The Morgan fingerprint density at radius 3 is 2.80 bits per heavy atom. The first-order chi connectivity index (χ1) is 7.22. The highest BCUT2D eigenvalue weighted by Gasteiger charge is 2.10. The first-order valence-corrected chi connectivity index (χ1v) is 4.72. The van der Waals surface area contributed by atoms with Crippen LogP contribution < -0.4 is 0 Å². The molecule has 0 aliphatic heterocycles. The van der Waals surface area contributed by atoms with Crippen molar-refractivity contribution in [3.05, 3.63) is 35.2 Å². The van der Waals surface area contributed by atoms with Crippen LogP contribution in [0.5, 0.6) is 0 Å². The maximum Gasteiger partial charge on any atom is 0.258 e. The molecule has 0 aliphatic carbocycles. The van der Waals surface area contributed by atoms with Gasteiger partial charge in [0.15, 0.2) is 5.82 Å². The van der Waals surface area contributed by atoms with Crippen molar-refractivity contribution in [2.75, 3.05) is 0 Å². The maximum absolute atomic E-state index is 8.84. The van der Waals surface area contributed by atoms with Crippen LogP contribution in [-0.4, -0.2) is 15.2 Å². The van der Waals surface area contributed by atoms with Crippen molar-refractivity contribution < 1.29 is 9.63 Å². The van der Waals surface area contributed by atoms with Crippen molar-refractivity contribution >= 4 is 0 Å². The highest BCUT2D eigenvalue weighted by molar-refractivity contribution is 5.59. The summed E-state index contributed by atoms with van der Waals surface area (Å²) in [5.74, 6) is 0.770. The Morgan fingerprint density at radius 2 is 2.13 bits per heavy atom. The minimum atomic E-state index is -0.200. The summed E-state index contributed by atoms with van der Waals surface area (Å²) >= 11 is 0. The second-order valence-corrected chi connectivity index (χ2v) is 3.42. The summed E-state index contributed by atoms with van der Waals surface area (Å²) in [7, 11) is 0. The van der Waals surface area contributed by atoms with E-state index < -0.39 is 0 Å². The Hall–Kier alpha value is -1.68. The third-order valence-corrected chi connectivity index (χ3v) is 2.44. The fourth-order valence-corrected chi connectivity index (χ4v) is 1.41. The number of aromatic nitrogens is 2. The van der Waals surface area contributed by atoms with Crippen LogP contribution in [0.15, 0.2) is 22.7 Å². The quantitative estimate of drug-likeness (QED) is 0.810. The van der Waals surface area contributed by atoms with Gasteiger partial charge in [0, 0.05) is 5.56 Å². The average Bonchev–Trinajstić information content (AvgIpc) is 2.70. The van der Waals surface area contributed by atoms with Gasteiger partial charge < -0.3 is 9.63 Å². The summed E-state index contributed by atoms with van der Waals surface area (Å²) in [5, 5.41) is 12.5. The van der Waals surface area contributed by atoms with Crippen LogP contribution in [0.3, 0.4) is 0 Å². The average molecular weight is 204 g/mol. The molecule has 2 aromatic rings. The number of rotatable bonds is 2. The third kappa shape index (κ3) is 1.76. The van der Waals surface area contributed by atoms with E-state index in [9.17, 15) is 0 Å². The Kier molecular flexibility index (Phi) is 2.51. The molecule has 0 saturated heterocycles. The van der Waals surface area contributed by atoms with Crippen molar-refractivity contribution in [1.29, 1.82) is 0 Å². The van der Waals surface area contributed by atoms with Crippen molar-refractivity contribution in [2.45, 2.75) is 20.5 Å². The highest BCUT2D eigenvalue weighted by atomic mass is 16.5. The van der Waals surface area contributed by atoms with Gasteiger partial charge in [-0.2, -0.15) is 4.98 Å². The molecule has 0 spiro atoms.